The van der Waals surface area contributed by atoms with Crippen molar-refractivity contribution in [3.63, 3.8) is 0 Å². The Labute approximate surface area is 117 Å². The van der Waals surface area contributed by atoms with Crippen molar-refractivity contribution in [2.24, 2.45) is 5.41 Å². The Morgan fingerprint density at radius 1 is 0.950 bits per heavy atom. The van der Waals surface area contributed by atoms with Crippen LogP contribution in [0.5, 0.6) is 0 Å². The Bertz CT molecular complexity index is 556. The van der Waals surface area contributed by atoms with Crippen molar-refractivity contribution in [1.29, 1.82) is 0 Å². The molecule has 0 amide bonds. The monoisotopic (exact) mass is 284 g/mol. The molecule has 1 rings (SSSR count). The normalized spacial score (nSPS) is 15.2. The second-order valence-electron chi connectivity index (χ2n) is 6.01. The van der Waals surface area contributed by atoms with Crippen molar-refractivity contribution in [2.45, 2.75) is 46.4 Å². The zero-order chi connectivity index (χ0) is 15.8. The van der Waals surface area contributed by atoms with Crippen molar-refractivity contribution in [2.75, 3.05) is 0 Å². The van der Waals surface area contributed by atoms with Crippen LogP contribution in [-0.4, -0.2) is 11.3 Å². The van der Waals surface area contributed by atoms with Crippen molar-refractivity contribution >= 4 is 0 Å². The molecular formula is C16H19F3O. The molecule has 4 heteroatoms. The first-order valence-corrected chi connectivity index (χ1v) is 6.28. The summed E-state index contributed by atoms with van der Waals surface area (Å²) >= 11 is 0. The zero-order valence-electron chi connectivity index (χ0n) is 12.3. The first-order chi connectivity index (χ1) is 8.87. The van der Waals surface area contributed by atoms with Gasteiger partial charge in [0.25, 0.3) is 0 Å². The highest BCUT2D eigenvalue weighted by atomic mass is 19.4. The number of rotatable bonds is 1. The topological polar surface area (TPSA) is 20.2 Å². The Balaban J connectivity index is 3.46. The largest absolute Gasteiger partial charge is 0.433 e. The molecule has 1 nitrogen and oxygen atoms in total. The standard InChI is InChI=1S/C16H19F3O/c1-11-6-7-13(10-12(11)2)15(20,16(17,18)19)9-8-14(3,4)5/h6-7,10,20H,1-5H3/t15-/m0/s1. The average molecular weight is 284 g/mol. The molecule has 1 atom stereocenters. The van der Waals surface area contributed by atoms with Crippen LogP contribution in [0.2, 0.25) is 0 Å². The maximum atomic E-state index is 13.2. The molecule has 110 valence electrons. The van der Waals surface area contributed by atoms with Gasteiger partial charge < -0.3 is 5.11 Å². The van der Waals surface area contributed by atoms with Crippen LogP contribution in [0.15, 0.2) is 18.2 Å². The van der Waals surface area contributed by atoms with Gasteiger partial charge in [-0.2, -0.15) is 13.2 Å². The van der Waals surface area contributed by atoms with Gasteiger partial charge in [-0.3, -0.25) is 0 Å². The molecule has 0 heterocycles. The molecule has 0 aliphatic carbocycles. The van der Waals surface area contributed by atoms with Gasteiger partial charge in [0.1, 0.15) is 0 Å². The van der Waals surface area contributed by atoms with Gasteiger partial charge >= 0.3 is 6.18 Å². The Kier molecular flexibility index (Phi) is 4.26. The Morgan fingerprint density at radius 2 is 1.50 bits per heavy atom. The number of hydrogen-bond donors (Lipinski definition) is 1. The van der Waals surface area contributed by atoms with E-state index >= 15 is 0 Å². The fraction of sp³-hybridized carbons (Fsp3) is 0.500. The molecule has 20 heavy (non-hydrogen) atoms. The fourth-order valence-electron chi connectivity index (χ4n) is 1.55. The van der Waals surface area contributed by atoms with Crippen LogP contribution in [0, 0.1) is 31.1 Å². The summed E-state index contributed by atoms with van der Waals surface area (Å²) in [5.74, 6) is 4.50. The van der Waals surface area contributed by atoms with E-state index in [9.17, 15) is 18.3 Å². The summed E-state index contributed by atoms with van der Waals surface area (Å²) in [7, 11) is 0. The van der Waals surface area contributed by atoms with E-state index in [-0.39, 0.29) is 5.56 Å². The molecule has 1 aromatic rings. The first-order valence-electron chi connectivity index (χ1n) is 6.28. The van der Waals surface area contributed by atoms with Crippen LogP contribution >= 0.6 is 0 Å². The lowest BCUT2D eigenvalue weighted by Gasteiger charge is -2.27. The summed E-state index contributed by atoms with van der Waals surface area (Å²) in [5, 5.41) is 10.1. The van der Waals surface area contributed by atoms with Gasteiger partial charge in [-0.15, -0.1) is 0 Å². The van der Waals surface area contributed by atoms with E-state index in [0.717, 1.165) is 5.56 Å². The van der Waals surface area contributed by atoms with Crippen LogP contribution in [0.3, 0.4) is 0 Å². The molecule has 0 aliphatic rings. The molecule has 0 aromatic heterocycles. The van der Waals surface area contributed by atoms with E-state index in [0.29, 0.717) is 5.56 Å². The molecule has 0 unspecified atom stereocenters. The maximum absolute atomic E-state index is 13.2. The van der Waals surface area contributed by atoms with E-state index in [4.69, 9.17) is 0 Å². The third-order valence-corrected chi connectivity index (χ3v) is 2.95. The summed E-state index contributed by atoms with van der Waals surface area (Å²) in [6, 6.07) is 4.16. The fourth-order valence-corrected chi connectivity index (χ4v) is 1.55. The minimum Gasteiger partial charge on any atom is -0.366 e. The van der Waals surface area contributed by atoms with Gasteiger partial charge in [-0.1, -0.05) is 30.0 Å². The number of halogens is 3. The lowest BCUT2D eigenvalue weighted by molar-refractivity contribution is -0.240. The molecule has 0 saturated heterocycles. The number of benzene rings is 1. The van der Waals surface area contributed by atoms with Crippen LogP contribution in [-0.2, 0) is 5.60 Å². The summed E-state index contributed by atoms with van der Waals surface area (Å²) in [6.45, 7) is 8.57. The predicted octanol–water partition coefficient (Wildman–Crippen LogP) is 4.10. The summed E-state index contributed by atoms with van der Waals surface area (Å²) < 4.78 is 39.7. The zero-order valence-corrected chi connectivity index (χ0v) is 12.3. The van der Waals surface area contributed by atoms with Crippen LogP contribution in [0.1, 0.15) is 37.5 Å². The molecule has 0 fully saturated rings. The van der Waals surface area contributed by atoms with Gasteiger partial charge in [0.05, 0.1) is 0 Å². The van der Waals surface area contributed by atoms with Crippen molar-refractivity contribution < 1.29 is 18.3 Å². The van der Waals surface area contributed by atoms with Gasteiger partial charge in [-0.25, -0.2) is 0 Å². The number of hydrogen-bond acceptors (Lipinski definition) is 1. The summed E-state index contributed by atoms with van der Waals surface area (Å²) in [5.41, 5.74) is -2.47. The van der Waals surface area contributed by atoms with E-state index in [1.54, 1.807) is 40.7 Å². The summed E-state index contributed by atoms with van der Waals surface area (Å²) in [4.78, 5) is 0. The lowest BCUT2D eigenvalue weighted by atomic mass is 9.89. The molecule has 0 radical (unpaired) electrons. The quantitative estimate of drug-likeness (QED) is 0.770. The minimum atomic E-state index is -4.85. The van der Waals surface area contributed by atoms with Crippen LogP contribution in [0.25, 0.3) is 0 Å². The smallest absolute Gasteiger partial charge is 0.366 e. The van der Waals surface area contributed by atoms with Gasteiger partial charge in [0, 0.05) is 11.0 Å². The van der Waals surface area contributed by atoms with E-state index in [1.807, 2.05) is 5.92 Å². The van der Waals surface area contributed by atoms with Crippen molar-refractivity contribution in [1.82, 2.24) is 0 Å². The second kappa shape index (κ2) is 5.14. The van der Waals surface area contributed by atoms with E-state index < -0.39 is 17.2 Å². The van der Waals surface area contributed by atoms with Crippen LogP contribution < -0.4 is 0 Å². The van der Waals surface area contributed by atoms with Gasteiger partial charge in [0.15, 0.2) is 0 Å². The highest BCUT2D eigenvalue weighted by Crippen LogP contribution is 2.39. The van der Waals surface area contributed by atoms with Gasteiger partial charge in [-0.05, 0) is 45.7 Å². The van der Waals surface area contributed by atoms with Crippen LogP contribution in [0.4, 0.5) is 13.2 Å². The molecule has 1 N–H and O–H groups in total. The molecular weight excluding hydrogens is 265 g/mol. The highest BCUT2D eigenvalue weighted by molar-refractivity contribution is 5.39. The number of aliphatic hydroxyl groups is 1. The Morgan fingerprint density at radius 3 is 1.90 bits per heavy atom. The predicted molar refractivity (Wildman–Crippen MR) is 73.1 cm³/mol. The maximum Gasteiger partial charge on any atom is 0.433 e. The Hall–Kier alpha value is -1.47. The molecule has 0 bridgehead atoms. The lowest BCUT2D eigenvalue weighted by Crippen LogP contribution is -2.41. The second-order valence-corrected chi connectivity index (χ2v) is 6.01. The average Bonchev–Trinajstić information content (AvgIpc) is 2.27. The number of alkyl halides is 3. The molecule has 0 saturated carbocycles. The minimum absolute atomic E-state index is 0.246. The highest BCUT2D eigenvalue weighted by Gasteiger charge is 2.54. The molecule has 0 spiro atoms. The van der Waals surface area contributed by atoms with Crippen molar-refractivity contribution in [3.05, 3.63) is 34.9 Å². The van der Waals surface area contributed by atoms with E-state index in [2.05, 4.69) is 5.92 Å². The van der Waals surface area contributed by atoms with Crippen molar-refractivity contribution in [3.8, 4) is 11.8 Å². The SMILES string of the molecule is Cc1ccc([C@@](O)(C#CC(C)(C)C)C(F)(F)F)cc1C. The third-order valence-electron chi connectivity index (χ3n) is 2.95. The molecule has 0 aliphatic heterocycles. The molecule has 1 aromatic carbocycles. The first kappa shape index (κ1) is 16.6. The van der Waals surface area contributed by atoms with Gasteiger partial charge in [0.2, 0.25) is 5.60 Å². The summed E-state index contributed by atoms with van der Waals surface area (Å²) in [6.07, 6.45) is -4.85. The number of aryl methyl sites for hydroxylation is 2. The third kappa shape index (κ3) is 3.55. The van der Waals surface area contributed by atoms with E-state index in [1.165, 1.54) is 12.1 Å².